The van der Waals surface area contributed by atoms with Gasteiger partial charge >= 0.3 is 5.97 Å². The molecule has 1 heterocycles. The van der Waals surface area contributed by atoms with Gasteiger partial charge in [-0.1, -0.05) is 12.1 Å². The maximum Gasteiger partial charge on any atom is 0.337 e. The number of carbonyl (C=O) groups is 2. The number of amides is 1. The Hall–Kier alpha value is -1.92. The second-order valence-corrected chi connectivity index (χ2v) is 6.40. The molecule has 0 N–H and O–H groups in total. The first-order chi connectivity index (χ1) is 12.0. The van der Waals surface area contributed by atoms with E-state index in [1.807, 2.05) is 17.0 Å². The van der Waals surface area contributed by atoms with Crippen molar-refractivity contribution in [2.75, 3.05) is 40.5 Å². The van der Waals surface area contributed by atoms with E-state index >= 15 is 0 Å². The minimum Gasteiger partial charge on any atom is -0.465 e. The molecule has 0 aliphatic carbocycles. The van der Waals surface area contributed by atoms with Crippen LogP contribution in [0.4, 0.5) is 0 Å². The predicted octanol–water partition coefficient (Wildman–Crippen LogP) is 1.93. The molecule has 2 rings (SSSR count). The molecule has 1 amide bonds. The Balaban J connectivity index is 1.85. The number of esters is 1. The van der Waals surface area contributed by atoms with Gasteiger partial charge < -0.3 is 14.4 Å². The predicted molar refractivity (Wildman–Crippen MR) is 95.3 cm³/mol. The molecule has 1 aromatic rings. The Morgan fingerprint density at radius 3 is 2.32 bits per heavy atom. The molecule has 0 radical (unpaired) electrons. The fraction of sp³-hybridized carbons (Fsp3) is 0.579. The van der Waals surface area contributed by atoms with E-state index in [1.165, 1.54) is 12.7 Å². The van der Waals surface area contributed by atoms with E-state index in [0.717, 1.165) is 32.5 Å². The van der Waals surface area contributed by atoms with Gasteiger partial charge in [-0.3, -0.25) is 9.69 Å². The Morgan fingerprint density at radius 1 is 1.16 bits per heavy atom. The van der Waals surface area contributed by atoms with E-state index in [-0.39, 0.29) is 11.9 Å². The van der Waals surface area contributed by atoms with Crippen molar-refractivity contribution in [3.8, 4) is 0 Å². The van der Waals surface area contributed by atoms with Gasteiger partial charge in [0.2, 0.25) is 5.91 Å². The van der Waals surface area contributed by atoms with Crippen LogP contribution in [-0.4, -0.2) is 68.2 Å². The van der Waals surface area contributed by atoms with E-state index in [4.69, 9.17) is 9.47 Å². The Morgan fingerprint density at radius 2 is 1.80 bits per heavy atom. The van der Waals surface area contributed by atoms with Gasteiger partial charge in [-0.05, 0) is 30.5 Å². The number of nitrogens with zero attached hydrogens (tertiary/aromatic N) is 2. The van der Waals surface area contributed by atoms with Crippen LogP contribution in [0.2, 0.25) is 0 Å². The normalized spacial score (nSPS) is 15.8. The topological polar surface area (TPSA) is 59.1 Å². The lowest BCUT2D eigenvalue weighted by Gasteiger charge is -2.38. The first kappa shape index (κ1) is 19.4. The van der Waals surface area contributed by atoms with E-state index < -0.39 is 0 Å². The first-order valence-corrected chi connectivity index (χ1v) is 8.71. The Kier molecular flexibility index (Phi) is 7.40. The molecule has 1 fully saturated rings. The number of carbonyl (C=O) groups excluding carboxylic acids is 2. The SMILES string of the molecule is COCCN(C(C)=O)C1CCN(Cc2ccc(C(=O)OC)cc2)CC1. The lowest BCUT2D eigenvalue weighted by atomic mass is 10.0. The smallest absolute Gasteiger partial charge is 0.337 e. The number of hydrogen-bond donors (Lipinski definition) is 0. The van der Waals surface area contributed by atoms with Crippen molar-refractivity contribution < 1.29 is 19.1 Å². The highest BCUT2D eigenvalue weighted by molar-refractivity contribution is 5.89. The molecule has 0 bridgehead atoms. The zero-order chi connectivity index (χ0) is 18.2. The first-order valence-electron chi connectivity index (χ1n) is 8.71. The van der Waals surface area contributed by atoms with Gasteiger partial charge in [0.15, 0.2) is 0 Å². The zero-order valence-corrected chi connectivity index (χ0v) is 15.4. The number of ether oxygens (including phenoxy) is 2. The molecule has 0 unspecified atom stereocenters. The van der Waals surface area contributed by atoms with Gasteiger partial charge in [0.1, 0.15) is 0 Å². The molecule has 0 saturated carbocycles. The molecule has 25 heavy (non-hydrogen) atoms. The maximum absolute atomic E-state index is 11.9. The van der Waals surface area contributed by atoms with Gasteiger partial charge in [-0.15, -0.1) is 0 Å². The molecule has 6 heteroatoms. The molecule has 1 aromatic carbocycles. The highest BCUT2D eigenvalue weighted by atomic mass is 16.5. The van der Waals surface area contributed by atoms with E-state index in [2.05, 4.69) is 4.90 Å². The highest BCUT2D eigenvalue weighted by Crippen LogP contribution is 2.19. The summed E-state index contributed by atoms with van der Waals surface area (Å²) in [4.78, 5) is 27.6. The largest absolute Gasteiger partial charge is 0.465 e. The van der Waals surface area contributed by atoms with Crippen LogP contribution >= 0.6 is 0 Å². The second kappa shape index (κ2) is 9.53. The summed E-state index contributed by atoms with van der Waals surface area (Å²) in [5.41, 5.74) is 1.74. The van der Waals surface area contributed by atoms with Crippen LogP contribution in [0.15, 0.2) is 24.3 Å². The van der Waals surface area contributed by atoms with Crippen molar-refractivity contribution >= 4 is 11.9 Å². The standard InChI is InChI=1S/C19H28N2O4/c1-15(22)21(12-13-24-2)18-8-10-20(11-9-18)14-16-4-6-17(7-5-16)19(23)25-3/h4-7,18H,8-14H2,1-3H3. The van der Waals surface area contributed by atoms with E-state index in [0.29, 0.717) is 24.8 Å². The van der Waals surface area contributed by atoms with Crippen LogP contribution in [0.25, 0.3) is 0 Å². The van der Waals surface area contributed by atoms with Crippen LogP contribution in [0.3, 0.4) is 0 Å². The van der Waals surface area contributed by atoms with Crippen molar-refractivity contribution in [1.29, 1.82) is 0 Å². The van der Waals surface area contributed by atoms with Crippen LogP contribution in [0.1, 0.15) is 35.7 Å². The number of hydrogen-bond acceptors (Lipinski definition) is 5. The van der Waals surface area contributed by atoms with Crippen LogP contribution < -0.4 is 0 Å². The lowest BCUT2D eigenvalue weighted by molar-refractivity contribution is -0.132. The third-order valence-electron chi connectivity index (χ3n) is 4.72. The molecule has 6 nitrogen and oxygen atoms in total. The van der Waals surface area contributed by atoms with Crippen molar-refractivity contribution in [3.63, 3.8) is 0 Å². The number of likely N-dealkylation sites (tertiary alicyclic amines) is 1. The quantitative estimate of drug-likeness (QED) is 0.705. The monoisotopic (exact) mass is 348 g/mol. The number of benzene rings is 1. The summed E-state index contributed by atoms with van der Waals surface area (Å²) in [5.74, 6) is -0.193. The molecule has 1 saturated heterocycles. The van der Waals surface area contributed by atoms with Gasteiger partial charge in [0, 0.05) is 46.3 Å². The molecular formula is C19H28N2O4. The summed E-state index contributed by atoms with van der Waals surface area (Å²) in [5, 5.41) is 0. The Bertz CT molecular complexity index is 565. The minimum atomic E-state index is -0.312. The van der Waals surface area contributed by atoms with Crippen LogP contribution in [-0.2, 0) is 20.8 Å². The van der Waals surface area contributed by atoms with Gasteiger partial charge in [0.05, 0.1) is 19.3 Å². The summed E-state index contributed by atoms with van der Waals surface area (Å²) in [7, 11) is 3.05. The third-order valence-corrected chi connectivity index (χ3v) is 4.72. The average molecular weight is 348 g/mol. The fourth-order valence-electron chi connectivity index (χ4n) is 3.30. The second-order valence-electron chi connectivity index (χ2n) is 6.40. The Labute approximate surface area is 149 Å². The number of piperidine rings is 1. The highest BCUT2D eigenvalue weighted by Gasteiger charge is 2.26. The summed E-state index contributed by atoms with van der Waals surface area (Å²) < 4.78 is 9.83. The van der Waals surface area contributed by atoms with Crippen LogP contribution in [0, 0.1) is 0 Å². The third kappa shape index (κ3) is 5.54. The molecule has 1 aliphatic heterocycles. The molecule has 0 atom stereocenters. The van der Waals surface area contributed by atoms with Gasteiger partial charge in [-0.25, -0.2) is 4.79 Å². The summed E-state index contributed by atoms with van der Waals surface area (Å²) in [6.07, 6.45) is 1.95. The van der Waals surface area contributed by atoms with E-state index in [1.54, 1.807) is 26.2 Å². The maximum atomic E-state index is 11.9. The van der Waals surface area contributed by atoms with E-state index in [9.17, 15) is 9.59 Å². The van der Waals surface area contributed by atoms with Crippen molar-refractivity contribution in [2.24, 2.45) is 0 Å². The molecular weight excluding hydrogens is 320 g/mol. The molecule has 0 aromatic heterocycles. The van der Waals surface area contributed by atoms with Crippen molar-refractivity contribution in [1.82, 2.24) is 9.80 Å². The summed E-state index contributed by atoms with van der Waals surface area (Å²) in [6, 6.07) is 7.84. The van der Waals surface area contributed by atoms with Crippen molar-refractivity contribution in [3.05, 3.63) is 35.4 Å². The fourth-order valence-corrected chi connectivity index (χ4v) is 3.30. The molecule has 0 spiro atoms. The summed E-state index contributed by atoms with van der Waals surface area (Å²) >= 11 is 0. The number of rotatable bonds is 7. The molecule has 1 aliphatic rings. The molecule has 138 valence electrons. The van der Waals surface area contributed by atoms with Crippen molar-refractivity contribution in [2.45, 2.75) is 32.4 Å². The van der Waals surface area contributed by atoms with Gasteiger partial charge in [0.25, 0.3) is 0 Å². The zero-order valence-electron chi connectivity index (χ0n) is 15.4. The van der Waals surface area contributed by atoms with Crippen LogP contribution in [0.5, 0.6) is 0 Å². The summed E-state index contributed by atoms with van der Waals surface area (Å²) in [6.45, 7) is 5.63. The lowest BCUT2D eigenvalue weighted by Crippen LogP contribution is -2.47. The minimum absolute atomic E-state index is 0.119. The number of methoxy groups -OCH3 is 2. The van der Waals surface area contributed by atoms with Gasteiger partial charge in [-0.2, -0.15) is 0 Å². The average Bonchev–Trinajstić information content (AvgIpc) is 2.63.